The summed E-state index contributed by atoms with van der Waals surface area (Å²) in [7, 11) is -3.14. The van der Waals surface area contributed by atoms with E-state index in [1.54, 1.807) is 12.1 Å². The zero-order chi connectivity index (χ0) is 13.9. The van der Waals surface area contributed by atoms with Crippen LogP contribution in [0.1, 0.15) is 37.0 Å². The maximum Gasteiger partial charge on any atom is 0.184 e. The van der Waals surface area contributed by atoms with Crippen molar-refractivity contribution in [1.82, 2.24) is 0 Å². The fourth-order valence-electron chi connectivity index (χ4n) is 2.49. The topological polar surface area (TPSA) is 54.4 Å². The molecule has 0 bridgehead atoms. The average Bonchev–Trinajstić information content (AvgIpc) is 2.98. The molecule has 1 fully saturated rings. The number of aliphatic hydroxyl groups excluding tert-OH is 1. The third-order valence-corrected chi connectivity index (χ3v) is 6.59. The molecule has 5 heteroatoms. The Morgan fingerprint density at radius 2 is 2.11 bits per heavy atom. The molecule has 1 aromatic rings. The fraction of sp³-hybridized carbons (Fsp3) is 0.571. The van der Waals surface area contributed by atoms with Crippen LogP contribution in [0.4, 0.5) is 0 Å². The van der Waals surface area contributed by atoms with E-state index in [1.165, 1.54) is 43.3 Å². The van der Waals surface area contributed by atoms with Crippen molar-refractivity contribution in [1.29, 1.82) is 0 Å². The van der Waals surface area contributed by atoms with Gasteiger partial charge in [-0.05, 0) is 30.0 Å². The van der Waals surface area contributed by atoms with Gasteiger partial charge in [0.25, 0.3) is 0 Å². The number of thiophene rings is 1. The maximum atomic E-state index is 11.5. The smallest absolute Gasteiger partial charge is 0.184 e. The van der Waals surface area contributed by atoms with Crippen molar-refractivity contribution >= 4 is 26.7 Å². The van der Waals surface area contributed by atoms with Crippen molar-refractivity contribution in [3.8, 4) is 0 Å². The van der Waals surface area contributed by atoms with Crippen LogP contribution in [-0.2, 0) is 9.84 Å². The summed E-state index contributed by atoms with van der Waals surface area (Å²) in [4.78, 5) is 0.862. The second-order valence-electron chi connectivity index (χ2n) is 5.16. The Balaban J connectivity index is 2.12. The summed E-state index contributed by atoms with van der Waals surface area (Å²) >= 11 is 1.24. The van der Waals surface area contributed by atoms with E-state index in [9.17, 15) is 13.5 Å². The summed E-state index contributed by atoms with van der Waals surface area (Å²) in [6.45, 7) is -0.0313. The molecule has 1 aromatic heterocycles. The van der Waals surface area contributed by atoms with Crippen molar-refractivity contribution in [3.05, 3.63) is 23.1 Å². The van der Waals surface area contributed by atoms with E-state index < -0.39 is 9.84 Å². The van der Waals surface area contributed by atoms with Crippen LogP contribution in [0.5, 0.6) is 0 Å². The Morgan fingerprint density at radius 1 is 1.42 bits per heavy atom. The molecule has 19 heavy (non-hydrogen) atoms. The first-order valence-corrected chi connectivity index (χ1v) is 9.31. The third-order valence-electron chi connectivity index (χ3n) is 3.61. The molecule has 0 aliphatic heterocycles. The molecule has 2 rings (SSSR count). The van der Waals surface area contributed by atoms with Gasteiger partial charge < -0.3 is 5.11 Å². The lowest BCUT2D eigenvalue weighted by Crippen LogP contribution is -1.94. The van der Waals surface area contributed by atoms with E-state index in [0.29, 0.717) is 4.21 Å². The normalized spacial score (nSPS) is 18.1. The molecule has 1 saturated carbocycles. The number of rotatable bonds is 5. The van der Waals surface area contributed by atoms with Crippen molar-refractivity contribution in [2.75, 3.05) is 12.9 Å². The first kappa shape index (κ1) is 14.8. The van der Waals surface area contributed by atoms with E-state index in [1.807, 2.05) is 0 Å². The van der Waals surface area contributed by atoms with Crippen molar-refractivity contribution < 1.29 is 13.5 Å². The Hall–Kier alpha value is -0.650. The fourth-order valence-corrected chi connectivity index (χ4v) is 4.45. The SMILES string of the molecule is CS(=O)(=O)c1ccc(/C(=C\CC2CCCC2)CO)s1. The van der Waals surface area contributed by atoms with Crippen LogP contribution in [0.2, 0.25) is 0 Å². The second-order valence-corrected chi connectivity index (χ2v) is 8.49. The lowest BCUT2D eigenvalue weighted by Gasteiger charge is -2.06. The van der Waals surface area contributed by atoms with Crippen LogP contribution >= 0.6 is 11.3 Å². The highest BCUT2D eigenvalue weighted by Gasteiger charge is 2.15. The highest BCUT2D eigenvalue weighted by Crippen LogP contribution is 2.31. The van der Waals surface area contributed by atoms with Crippen LogP contribution in [0, 0.1) is 5.92 Å². The first-order valence-electron chi connectivity index (χ1n) is 6.61. The Bertz CT molecular complexity index is 549. The van der Waals surface area contributed by atoms with Gasteiger partial charge in [-0.25, -0.2) is 8.42 Å². The van der Waals surface area contributed by atoms with E-state index in [-0.39, 0.29) is 6.61 Å². The van der Waals surface area contributed by atoms with Gasteiger partial charge in [-0.15, -0.1) is 11.3 Å². The lowest BCUT2D eigenvalue weighted by atomic mass is 10.0. The van der Waals surface area contributed by atoms with Crippen LogP contribution in [0.15, 0.2) is 22.4 Å². The van der Waals surface area contributed by atoms with Gasteiger partial charge in [-0.3, -0.25) is 0 Å². The van der Waals surface area contributed by atoms with E-state index in [4.69, 9.17) is 0 Å². The molecule has 1 heterocycles. The van der Waals surface area contributed by atoms with Gasteiger partial charge in [0.2, 0.25) is 0 Å². The van der Waals surface area contributed by atoms with Crippen LogP contribution in [-0.4, -0.2) is 26.4 Å². The van der Waals surface area contributed by atoms with Gasteiger partial charge >= 0.3 is 0 Å². The zero-order valence-electron chi connectivity index (χ0n) is 11.1. The molecule has 3 nitrogen and oxygen atoms in total. The van der Waals surface area contributed by atoms with E-state index >= 15 is 0 Å². The predicted molar refractivity (Wildman–Crippen MR) is 79.1 cm³/mol. The number of aliphatic hydroxyl groups is 1. The summed E-state index contributed by atoms with van der Waals surface area (Å²) in [6, 6.07) is 3.41. The molecule has 0 unspecified atom stereocenters. The summed E-state index contributed by atoms with van der Waals surface area (Å²) in [6.07, 6.45) is 9.44. The van der Waals surface area contributed by atoms with E-state index in [0.717, 1.165) is 22.8 Å². The van der Waals surface area contributed by atoms with Crippen molar-refractivity contribution in [2.24, 2.45) is 5.92 Å². The molecule has 0 amide bonds. The number of hydrogen-bond donors (Lipinski definition) is 1. The minimum Gasteiger partial charge on any atom is -0.392 e. The van der Waals surface area contributed by atoms with Gasteiger partial charge in [0.15, 0.2) is 9.84 Å². The summed E-state index contributed by atoms with van der Waals surface area (Å²) in [5.74, 6) is 0.732. The minimum absolute atomic E-state index is 0.0313. The maximum absolute atomic E-state index is 11.5. The van der Waals surface area contributed by atoms with Gasteiger partial charge in [-0.1, -0.05) is 31.8 Å². The Kier molecular flexibility index (Phi) is 4.81. The van der Waals surface area contributed by atoms with Crippen LogP contribution in [0.3, 0.4) is 0 Å². The Labute approximate surface area is 118 Å². The molecule has 0 spiro atoms. The molecule has 0 atom stereocenters. The molecular formula is C14H20O3S2. The molecular weight excluding hydrogens is 280 g/mol. The summed E-state index contributed by atoms with van der Waals surface area (Å²) < 4.78 is 23.3. The van der Waals surface area contributed by atoms with Crippen LogP contribution in [0.25, 0.3) is 5.57 Å². The summed E-state index contributed by atoms with van der Waals surface area (Å²) in [5.41, 5.74) is 0.854. The first-order chi connectivity index (χ1) is 9.00. The molecule has 0 radical (unpaired) electrons. The minimum atomic E-state index is -3.14. The zero-order valence-corrected chi connectivity index (χ0v) is 12.8. The predicted octanol–water partition coefficient (Wildman–Crippen LogP) is 3.11. The van der Waals surface area contributed by atoms with Crippen LogP contribution < -0.4 is 0 Å². The molecule has 106 valence electrons. The molecule has 1 aliphatic rings. The second kappa shape index (κ2) is 6.20. The Morgan fingerprint density at radius 3 is 2.63 bits per heavy atom. The number of allylic oxidation sites excluding steroid dienone is 1. The van der Waals surface area contributed by atoms with Gasteiger partial charge in [-0.2, -0.15) is 0 Å². The lowest BCUT2D eigenvalue weighted by molar-refractivity contribution is 0.350. The summed E-state index contributed by atoms with van der Waals surface area (Å²) in [5, 5.41) is 9.45. The monoisotopic (exact) mass is 300 g/mol. The molecule has 0 saturated heterocycles. The number of sulfone groups is 1. The molecule has 0 aromatic carbocycles. The highest BCUT2D eigenvalue weighted by atomic mass is 32.2. The van der Waals surface area contributed by atoms with Gasteiger partial charge in [0.1, 0.15) is 4.21 Å². The highest BCUT2D eigenvalue weighted by molar-refractivity contribution is 7.92. The molecule has 1 N–H and O–H groups in total. The third kappa shape index (κ3) is 3.91. The van der Waals surface area contributed by atoms with Gasteiger partial charge in [0, 0.05) is 11.1 Å². The molecule has 1 aliphatic carbocycles. The van der Waals surface area contributed by atoms with Crippen molar-refractivity contribution in [3.63, 3.8) is 0 Å². The quantitative estimate of drug-likeness (QED) is 0.909. The van der Waals surface area contributed by atoms with E-state index in [2.05, 4.69) is 6.08 Å². The van der Waals surface area contributed by atoms with Crippen molar-refractivity contribution in [2.45, 2.75) is 36.3 Å². The average molecular weight is 300 g/mol. The van der Waals surface area contributed by atoms with Gasteiger partial charge in [0.05, 0.1) is 6.61 Å². The largest absolute Gasteiger partial charge is 0.392 e. The standard InChI is InChI=1S/C14H20O3S2/c1-19(16,17)14-9-8-13(18-14)12(10-15)7-6-11-4-2-3-5-11/h7-9,11,15H,2-6,10H2,1H3/b12-7-. The number of hydrogen-bond acceptors (Lipinski definition) is 4.